The summed E-state index contributed by atoms with van der Waals surface area (Å²) < 4.78 is 67.9. The molecule has 264 valence electrons. The van der Waals surface area contributed by atoms with E-state index in [9.17, 15) is 48.6 Å². The third-order valence-electron chi connectivity index (χ3n) is 6.97. The van der Waals surface area contributed by atoms with Crippen LogP contribution in [0.3, 0.4) is 0 Å². The zero-order valence-electron chi connectivity index (χ0n) is 24.9. The summed E-state index contributed by atoms with van der Waals surface area (Å²) in [5.41, 5.74) is 11.8. The van der Waals surface area contributed by atoms with Gasteiger partial charge in [-0.15, -0.1) is 0 Å². The smallest absolute Gasteiger partial charge is 0.756 e. The van der Waals surface area contributed by atoms with Crippen molar-refractivity contribution in [3.05, 3.63) is 42.7 Å². The summed E-state index contributed by atoms with van der Waals surface area (Å²) in [6, 6.07) is 3.11. The number of pyridine rings is 1. The molecule has 9 N–H and O–H groups in total. The second-order valence-electron chi connectivity index (χ2n) is 10.2. The quantitative estimate of drug-likeness (QED) is 0.0367. The van der Waals surface area contributed by atoms with Crippen LogP contribution in [0, 0.1) is 0 Å². The molecule has 28 heteroatoms. The van der Waals surface area contributed by atoms with Crippen LogP contribution < -0.4 is 55.4 Å². The SMILES string of the molecule is NC(=S)c1ccc[n+](C2OC(COP(=O)([O-])OP(=O)(O)OCC3OC(n4cnc5c(N)ncnc54)C(OP(=O)([O-])O)C3O)C(O)C2O)c1.[Na+]. The summed E-state index contributed by atoms with van der Waals surface area (Å²) in [5, 5.41) is 31.5. The molecule has 0 aliphatic carbocycles. The summed E-state index contributed by atoms with van der Waals surface area (Å²) in [6.45, 7) is -2.09. The Morgan fingerprint density at radius 2 is 1.71 bits per heavy atom. The van der Waals surface area contributed by atoms with Crippen LogP contribution in [0.4, 0.5) is 5.82 Å². The van der Waals surface area contributed by atoms with Crippen molar-refractivity contribution in [2.24, 2.45) is 5.73 Å². The Morgan fingerprint density at radius 3 is 2.39 bits per heavy atom. The van der Waals surface area contributed by atoms with E-state index in [1.54, 1.807) is 6.07 Å². The maximum absolute atomic E-state index is 12.5. The summed E-state index contributed by atoms with van der Waals surface area (Å²) in [5.74, 6) is -0.0692. The number of anilines is 1. The van der Waals surface area contributed by atoms with Gasteiger partial charge in [-0.3, -0.25) is 18.2 Å². The number of imidazole rings is 1. The molecule has 5 rings (SSSR count). The molecule has 23 nitrogen and oxygen atoms in total. The van der Waals surface area contributed by atoms with E-state index in [4.69, 9.17) is 33.2 Å². The fourth-order valence-corrected chi connectivity index (χ4v) is 7.53. The maximum atomic E-state index is 12.5. The summed E-state index contributed by atoms with van der Waals surface area (Å²) in [7, 11) is -16.8. The molecule has 2 aliphatic heterocycles. The van der Waals surface area contributed by atoms with Gasteiger partial charge < -0.3 is 64.9 Å². The van der Waals surface area contributed by atoms with Crippen molar-refractivity contribution >= 4 is 57.7 Å². The molecule has 0 radical (unpaired) electrons. The van der Waals surface area contributed by atoms with Crippen molar-refractivity contribution in [3.8, 4) is 0 Å². The average molecular weight is 781 g/mol. The Morgan fingerprint density at radius 1 is 1.04 bits per heavy atom. The number of phosphoric ester groups is 3. The van der Waals surface area contributed by atoms with Crippen LogP contribution in [0.1, 0.15) is 18.0 Å². The van der Waals surface area contributed by atoms with Gasteiger partial charge in [-0.25, -0.2) is 23.8 Å². The van der Waals surface area contributed by atoms with Crippen molar-refractivity contribution in [1.82, 2.24) is 19.5 Å². The molecule has 0 saturated carbocycles. The zero-order chi connectivity index (χ0) is 35.2. The molecule has 0 amide bonds. The number of nitrogens with zero attached hydrogens (tertiary/aromatic N) is 5. The van der Waals surface area contributed by atoms with Crippen LogP contribution in [-0.4, -0.2) is 99.5 Å². The van der Waals surface area contributed by atoms with Gasteiger partial charge in [-0.1, -0.05) is 12.2 Å². The number of nitrogen functional groups attached to an aromatic ring is 1. The van der Waals surface area contributed by atoms with E-state index in [1.807, 2.05) is 0 Å². The predicted octanol–water partition coefficient (Wildman–Crippen LogP) is -6.62. The summed E-state index contributed by atoms with van der Waals surface area (Å²) in [4.78, 5) is 55.0. The Labute approximate surface area is 302 Å². The largest absolute Gasteiger partial charge is 1.00 e. The second-order valence-corrected chi connectivity index (χ2v) is 14.8. The van der Waals surface area contributed by atoms with Gasteiger partial charge in [0.25, 0.3) is 21.9 Å². The normalized spacial score (nSPS) is 30.7. The van der Waals surface area contributed by atoms with Crippen molar-refractivity contribution in [2.75, 3.05) is 18.9 Å². The summed E-state index contributed by atoms with van der Waals surface area (Å²) in [6.07, 6.45) is -8.19. The minimum absolute atomic E-state index is 0. The van der Waals surface area contributed by atoms with Gasteiger partial charge in [0.1, 0.15) is 47.4 Å². The fraction of sp³-hybridized carbons (Fsp3) is 0.476. The molecule has 5 heterocycles. The van der Waals surface area contributed by atoms with Crippen LogP contribution >= 0.6 is 35.7 Å². The molecule has 49 heavy (non-hydrogen) atoms. The number of thiocarbonyl (C=S) groups is 1. The molecule has 3 aromatic heterocycles. The number of fused-ring (bicyclic) bond motifs is 1. The first-order chi connectivity index (χ1) is 22.4. The van der Waals surface area contributed by atoms with Gasteiger partial charge >= 0.3 is 37.4 Å². The van der Waals surface area contributed by atoms with Gasteiger partial charge in [-0.05, 0) is 6.07 Å². The number of aromatic nitrogens is 5. The number of nitrogens with two attached hydrogens (primary N) is 2. The Kier molecular flexibility index (Phi) is 12.9. The first kappa shape index (κ1) is 40.3. The molecule has 2 aliphatic rings. The zero-order valence-corrected chi connectivity index (χ0v) is 30.4. The van der Waals surface area contributed by atoms with Crippen LogP contribution in [0.2, 0.25) is 0 Å². The van der Waals surface area contributed by atoms with Crippen molar-refractivity contribution in [3.63, 3.8) is 0 Å². The van der Waals surface area contributed by atoms with Crippen LogP contribution in [-0.2, 0) is 41.1 Å². The van der Waals surface area contributed by atoms with Gasteiger partial charge in [0.15, 0.2) is 36.2 Å². The number of ether oxygens (including phenoxy) is 2. The van der Waals surface area contributed by atoms with E-state index in [-0.39, 0.29) is 51.5 Å². The number of phosphoric acid groups is 3. The summed E-state index contributed by atoms with van der Waals surface area (Å²) >= 11 is 4.91. The van der Waals surface area contributed by atoms with E-state index in [1.165, 1.54) is 23.0 Å². The van der Waals surface area contributed by atoms with Gasteiger partial charge in [0.2, 0.25) is 0 Å². The molecular formula is C21H27N7NaO16P3S. The van der Waals surface area contributed by atoms with E-state index in [0.717, 1.165) is 17.2 Å². The molecule has 11 unspecified atom stereocenters. The third-order valence-corrected chi connectivity index (χ3v) is 10.3. The van der Waals surface area contributed by atoms with Gasteiger partial charge in [0, 0.05) is 6.07 Å². The van der Waals surface area contributed by atoms with E-state index in [0.29, 0.717) is 5.56 Å². The standard InChI is InChI=1S/C21H28N7O16P3S.Na/c22-17-12-19(25-7-24-17)28(8-26-12)21-16(43-45(32,33)34)14(30)11(42-21)6-40-47(37,38)44-46(35,36)39-5-10-13(29)15(31)20(41-10)27-3-1-2-9(4-27)18(23)48;/h1-4,7-8,10-11,13-16,20-21,29-31H,5-6H2,(H7-,22,23,24,25,32,33,34,35,36,37,38,48);/q;+1/p-1. The Balaban J connectivity index is 0.00000541. The Bertz CT molecular complexity index is 1820. The minimum Gasteiger partial charge on any atom is -0.756 e. The van der Waals surface area contributed by atoms with Crippen molar-refractivity contribution in [1.29, 1.82) is 0 Å². The number of aliphatic hydroxyl groups is 3. The molecule has 2 saturated heterocycles. The average Bonchev–Trinajstić information content (AvgIpc) is 3.64. The number of rotatable bonds is 13. The molecule has 11 atom stereocenters. The topological polar surface area (TPSA) is 353 Å². The van der Waals surface area contributed by atoms with Crippen molar-refractivity contribution < 1.29 is 110 Å². The van der Waals surface area contributed by atoms with E-state index >= 15 is 0 Å². The first-order valence-corrected chi connectivity index (χ1v) is 18.2. The molecular weight excluding hydrogens is 754 g/mol. The van der Waals surface area contributed by atoms with Crippen LogP contribution in [0.5, 0.6) is 0 Å². The van der Waals surface area contributed by atoms with Gasteiger partial charge in [-0.2, -0.15) is 4.57 Å². The Hall–Kier alpha value is -1.44. The van der Waals surface area contributed by atoms with Crippen molar-refractivity contribution in [2.45, 2.75) is 49.1 Å². The molecule has 3 aromatic rings. The first-order valence-electron chi connectivity index (χ1n) is 13.3. The van der Waals surface area contributed by atoms with E-state index < -0.39 is 85.8 Å². The number of hydrogen-bond donors (Lipinski definition) is 7. The molecule has 0 bridgehead atoms. The molecule has 0 spiro atoms. The predicted molar refractivity (Wildman–Crippen MR) is 153 cm³/mol. The van der Waals surface area contributed by atoms with Crippen LogP contribution in [0.15, 0.2) is 37.2 Å². The molecule has 0 aromatic carbocycles. The molecule has 2 fully saturated rings. The van der Waals surface area contributed by atoms with Gasteiger partial charge in [0.05, 0.1) is 25.1 Å². The van der Waals surface area contributed by atoms with E-state index in [2.05, 4.69) is 32.8 Å². The number of hydrogen-bond acceptors (Lipinski definition) is 19. The van der Waals surface area contributed by atoms with Crippen LogP contribution in [0.25, 0.3) is 11.2 Å². The number of aliphatic hydroxyl groups excluding tert-OH is 3. The third kappa shape index (κ3) is 9.52. The second kappa shape index (κ2) is 15.7. The minimum atomic E-state index is -5.70. The maximum Gasteiger partial charge on any atom is 1.00 e. The fourth-order valence-electron chi connectivity index (χ4n) is 4.82. The monoisotopic (exact) mass is 781 g/mol.